The molecule has 2 unspecified atom stereocenters. The van der Waals surface area contributed by atoms with Crippen molar-refractivity contribution in [3.8, 4) is 0 Å². The first-order chi connectivity index (χ1) is 10.2. The molecule has 116 valence electrons. The minimum Gasteiger partial charge on any atom is -0.464 e. The molecule has 0 aromatic heterocycles. The molecule has 3 nitrogen and oxygen atoms in total. The van der Waals surface area contributed by atoms with Crippen LogP contribution in [0.2, 0.25) is 0 Å². The highest BCUT2D eigenvalue weighted by Crippen LogP contribution is 2.38. The molecule has 1 aliphatic rings. The minimum atomic E-state index is -0.622. The monoisotopic (exact) mass is 290 g/mol. The zero-order valence-corrected chi connectivity index (χ0v) is 13.1. The Kier molecular flexibility index (Phi) is 5.80. The molecule has 1 saturated heterocycles. The fourth-order valence-electron chi connectivity index (χ4n) is 2.83. The molecule has 0 amide bonds. The number of benzene rings is 1. The van der Waals surface area contributed by atoms with Crippen LogP contribution in [0.15, 0.2) is 30.3 Å². The van der Waals surface area contributed by atoms with Gasteiger partial charge in [-0.15, -0.1) is 0 Å². The molecule has 1 aromatic rings. The van der Waals surface area contributed by atoms with E-state index < -0.39 is 5.60 Å². The van der Waals surface area contributed by atoms with E-state index in [0.717, 1.165) is 32.1 Å². The molecule has 21 heavy (non-hydrogen) atoms. The largest absolute Gasteiger partial charge is 0.464 e. The van der Waals surface area contributed by atoms with Gasteiger partial charge in [0.05, 0.1) is 13.2 Å². The number of aryl methyl sites for hydroxylation is 1. The van der Waals surface area contributed by atoms with Crippen molar-refractivity contribution < 1.29 is 14.3 Å². The maximum Gasteiger partial charge on any atom is 0.340 e. The SMILES string of the molecule is CCOC(=O)C1(CC(CC)CCCc2ccccc2)CO1. The molecule has 1 heterocycles. The Morgan fingerprint density at radius 2 is 2.05 bits per heavy atom. The lowest BCUT2D eigenvalue weighted by atomic mass is 9.88. The summed E-state index contributed by atoms with van der Waals surface area (Å²) in [5, 5.41) is 0. The van der Waals surface area contributed by atoms with E-state index in [1.165, 1.54) is 5.56 Å². The smallest absolute Gasteiger partial charge is 0.340 e. The first-order valence-electron chi connectivity index (χ1n) is 8.05. The van der Waals surface area contributed by atoms with Crippen molar-refractivity contribution in [1.82, 2.24) is 0 Å². The average molecular weight is 290 g/mol. The average Bonchev–Trinajstić information content (AvgIpc) is 3.28. The van der Waals surface area contributed by atoms with Gasteiger partial charge < -0.3 is 9.47 Å². The Hall–Kier alpha value is -1.35. The number of rotatable bonds is 9. The van der Waals surface area contributed by atoms with Crippen molar-refractivity contribution in [1.29, 1.82) is 0 Å². The van der Waals surface area contributed by atoms with E-state index in [2.05, 4.69) is 31.2 Å². The van der Waals surface area contributed by atoms with Crippen LogP contribution in [0.4, 0.5) is 0 Å². The fraction of sp³-hybridized carbons (Fsp3) is 0.611. The van der Waals surface area contributed by atoms with Crippen LogP contribution in [0.5, 0.6) is 0 Å². The van der Waals surface area contributed by atoms with Crippen LogP contribution in [0.3, 0.4) is 0 Å². The van der Waals surface area contributed by atoms with Gasteiger partial charge in [0.1, 0.15) is 0 Å². The first kappa shape index (κ1) is 16.0. The Morgan fingerprint density at radius 1 is 1.33 bits per heavy atom. The molecule has 1 aromatic carbocycles. The molecular weight excluding hydrogens is 264 g/mol. The summed E-state index contributed by atoms with van der Waals surface area (Å²) in [7, 11) is 0. The number of epoxide rings is 1. The highest BCUT2D eigenvalue weighted by Gasteiger charge is 2.54. The van der Waals surface area contributed by atoms with E-state index in [-0.39, 0.29) is 5.97 Å². The molecular formula is C18H26O3. The normalized spacial score (nSPS) is 21.8. The van der Waals surface area contributed by atoms with Gasteiger partial charge in [-0.25, -0.2) is 4.79 Å². The van der Waals surface area contributed by atoms with E-state index in [1.807, 2.05) is 13.0 Å². The number of hydrogen-bond donors (Lipinski definition) is 0. The zero-order chi connectivity index (χ0) is 15.1. The molecule has 0 radical (unpaired) electrons. The number of carbonyl (C=O) groups is 1. The van der Waals surface area contributed by atoms with Crippen molar-refractivity contribution in [3.05, 3.63) is 35.9 Å². The van der Waals surface area contributed by atoms with Crippen LogP contribution >= 0.6 is 0 Å². The third-order valence-electron chi connectivity index (χ3n) is 4.26. The number of hydrogen-bond acceptors (Lipinski definition) is 3. The van der Waals surface area contributed by atoms with Crippen LogP contribution in [-0.4, -0.2) is 24.8 Å². The van der Waals surface area contributed by atoms with E-state index in [1.54, 1.807) is 0 Å². The van der Waals surface area contributed by atoms with E-state index in [4.69, 9.17) is 9.47 Å². The molecule has 0 spiro atoms. The van der Waals surface area contributed by atoms with Gasteiger partial charge >= 0.3 is 5.97 Å². The Bertz CT molecular complexity index is 437. The second-order valence-corrected chi connectivity index (χ2v) is 5.86. The number of carbonyl (C=O) groups excluding carboxylic acids is 1. The highest BCUT2D eigenvalue weighted by molar-refractivity contribution is 5.82. The number of esters is 1. The molecule has 0 N–H and O–H groups in total. The summed E-state index contributed by atoms with van der Waals surface area (Å²) >= 11 is 0. The van der Waals surface area contributed by atoms with Crippen molar-refractivity contribution in [3.63, 3.8) is 0 Å². The van der Waals surface area contributed by atoms with E-state index in [9.17, 15) is 4.79 Å². The first-order valence-corrected chi connectivity index (χ1v) is 8.05. The maximum atomic E-state index is 11.9. The van der Waals surface area contributed by atoms with Crippen molar-refractivity contribution in [2.24, 2.45) is 5.92 Å². The summed E-state index contributed by atoms with van der Waals surface area (Å²) in [6.45, 7) is 4.98. The summed E-state index contributed by atoms with van der Waals surface area (Å²) in [6, 6.07) is 10.6. The molecule has 3 heteroatoms. The summed E-state index contributed by atoms with van der Waals surface area (Å²) in [5.41, 5.74) is 0.763. The van der Waals surface area contributed by atoms with Gasteiger partial charge in [0.15, 0.2) is 5.60 Å². The minimum absolute atomic E-state index is 0.175. The van der Waals surface area contributed by atoms with Crippen LogP contribution in [-0.2, 0) is 20.7 Å². The molecule has 0 saturated carbocycles. The van der Waals surface area contributed by atoms with Crippen molar-refractivity contribution >= 4 is 5.97 Å². The Balaban J connectivity index is 1.77. The molecule has 1 fully saturated rings. The maximum absolute atomic E-state index is 11.9. The molecule has 2 rings (SSSR count). The Morgan fingerprint density at radius 3 is 2.62 bits per heavy atom. The second kappa shape index (κ2) is 7.60. The van der Waals surface area contributed by atoms with Gasteiger partial charge in [0, 0.05) is 0 Å². The van der Waals surface area contributed by atoms with Crippen LogP contribution in [0, 0.1) is 5.92 Å². The molecule has 0 aliphatic carbocycles. The molecule has 1 aliphatic heterocycles. The third kappa shape index (κ3) is 4.57. The summed E-state index contributed by atoms with van der Waals surface area (Å²) in [5.74, 6) is 0.354. The lowest BCUT2D eigenvalue weighted by molar-refractivity contribution is -0.150. The second-order valence-electron chi connectivity index (χ2n) is 5.86. The fourth-order valence-corrected chi connectivity index (χ4v) is 2.83. The van der Waals surface area contributed by atoms with Gasteiger partial charge in [-0.3, -0.25) is 0 Å². The quantitative estimate of drug-likeness (QED) is 0.513. The predicted octanol–water partition coefficient (Wildman–Crippen LogP) is 3.76. The van der Waals surface area contributed by atoms with Gasteiger partial charge in [0.2, 0.25) is 0 Å². The van der Waals surface area contributed by atoms with Crippen LogP contribution in [0.1, 0.15) is 45.1 Å². The third-order valence-corrected chi connectivity index (χ3v) is 4.26. The predicted molar refractivity (Wildman–Crippen MR) is 83.1 cm³/mol. The molecule has 2 atom stereocenters. The summed E-state index contributed by atoms with van der Waals surface area (Å²) < 4.78 is 10.6. The van der Waals surface area contributed by atoms with Crippen molar-refractivity contribution in [2.45, 2.75) is 51.6 Å². The summed E-state index contributed by atoms with van der Waals surface area (Å²) in [4.78, 5) is 11.9. The Labute approximate surface area is 127 Å². The van der Waals surface area contributed by atoms with E-state index >= 15 is 0 Å². The van der Waals surface area contributed by atoms with Gasteiger partial charge in [0.25, 0.3) is 0 Å². The molecule has 0 bridgehead atoms. The van der Waals surface area contributed by atoms with E-state index in [0.29, 0.717) is 19.1 Å². The lowest BCUT2D eigenvalue weighted by Gasteiger charge is -2.18. The topological polar surface area (TPSA) is 38.8 Å². The standard InChI is InChI=1S/C18H26O3/c1-3-15(11-8-12-16-9-6-5-7-10-16)13-18(14-21-18)17(19)20-4-2/h5-7,9-10,15H,3-4,8,11-14H2,1-2H3. The van der Waals surface area contributed by atoms with Crippen LogP contribution in [0.25, 0.3) is 0 Å². The zero-order valence-electron chi connectivity index (χ0n) is 13.1. The van der Waals surface area contributed by atoms with Crippen molar-refractivity contribution in [2.75, 3.05) is 13.2 Å². The highest BCUT2D eigenvalue weighted by atomic mass is 16.6. The lowest BCUT2D eigenvalue weighted by Crippen LogP contribution is -2.29. The van der Waals surface area contributed by atoms with Gasteiger partial charge in [-0.1, -0.05) is 50.1 Å². The summed E-state index contributed by atoms with van der Waals surface area (Å²) in [6.07, 6.45) is 5.28. The van der Waals surface area contributed by atoms with Crippen LogP contribution < -0.4 is 0 Å². The van der Waals surface area contributed by atoms with Gasteiger partial charge in [-0.2, -0.15) is 0 Å². The van der Waals surface area contributed by atoms with Gasteiger partial charge in [-0.05, 0) is 37.7 Å². The number of ether oxygens (including phenoxy) is 2.